The van der Waals surface area contributed by atoms with Crippen LogP contribution in [0.4, 0.5) is 0 Å². The van der Waals surface area contributed by atoms with Gasteiger partial charge in [0.15, 0.2) is 0 Å². The van der Waals surface area contributed by atoms with E-state index in [9.17, 15) is 4.79 Å². The molecule has 0 atom stereocenters. The predicted molar refractivity (Wildman–Crippen MR) is 76.4 cm³/mol. The SMILES string of the molecule is Cn1cc2c(n1)/C(=C1\CN(C=O)CCC1=N)NCCC2. The molecule has 6 nitrogen and oxygen atoms in total. The molecule has 0 unspecified atom stereocenters. The highest BCUT2D eigenvalue weighted by Crippen LogP contribution is 2.26. The van der Waals surface area contributed by atoms with Crippen LogP contribution in [-0.4, -0.2) is 46.4 Å². The van der Waals surface area contributed by atoms with E-state index in [1.807, 2.05) is 17.9 Å². The average Bonchev–Trinajstić information content (AvgIpc) is 2.70. The fourth-order valence-electron chi connectivity index (χ4n) is 2.86. The molecule has 1 saturated heterocycles. The van der Waals surface area contributed by atoms with Crippen molar-refractivity contribution in [2.75, 3.05) is 19.6 Å². The number of aryl methyl sites for hydroxylation is 2. The summed E-state index contributed by atoms with van der Waals surface area (Å²) >= 11 is 0. The number of nitrogens with zero attached hydrogens (tertiary/aromatic N) is 3. The molecule has 2 aliphatic heterocycles. The molecule has 6 heteroatoms. The molecule has 1 aromatic heterocycles. The van der Waals surface area contributed by atoms with Crippen LogP contribution in [0.1, 0.15) is 24.1 Å². The summed E-state index contributed by atoms with van der Waals surface area (Å²) in [5.41, 5.74) is 4.62. The largest absolute Gasteiger partial charge is 0.383 e. The minimum absolute atomic E-state index is 0.501. The Morgan fingerprint density at radius 2 is 2.30 bits per heavy atom. The lowest BCUT2D eigenvalue weighted by molar-refractivity contribution is -0.117. The second kappa shape index (κ2) is 5.11. The van der Waals surface area contributed by atoms with Gasteiger partial charge in [0.05, 0.1) is 5.70 Å². The van der Waals surface area contributed by atoms with Crippen molar-refractivity contribution < 1.29 is 4.79 Å². The second-order valence-electron chi connectivity index (χ2n) is 5.36. The Bertz CT molecular complexity index is 586. The van der Waals surface area contributed by atoms with Crippen LogP contribution in [0.3, 0.4) is 0 Å². The minimum atomic E-state index is 0.501. The Morgan fingerprint density at radius 1 is 1.45 bits per heavy atom. The summed E-state index contributed by atoms with van der Waals surface area (Å²) in [5, 5.41) is 16.2. The Kier molecular flexibility index (Phi) is 3.30. The van der Waals surface area contributed by atoms with Crippen molar-refractivity contribution >= 4 is 17.8 Å². The van der Waals surface area contributed by atoms with Gasteiger partial charge >= 0.3 is 0 Å². The number of hydrogen-bond donors (Lipinski definition) is 2. The zero-order valence-electron chi connectivity index (χ0n) is 11.6. The number of hydrogen-bond acceptors (Lipinski definition) is 4. The van der Waals surface area contributed by atoms with Gasteiger partial charge in [0.2, 0.25) is 6.41 Å². The molecule has 3 heterocycles. The molecule has 1 fully saturated rings. The van der Waals surface area contributed by atoms with E-state index in [1.54, 1.807) is 4.90 Å². The molecule has 2 aliphatic rings. The van der Waals surface area contributed by atoms with Crippen molar-refractivity contribution in [1.82, 2.24) is 20.0 Å². The third-order valence-corrected chi connectivity index (χ3v) is 3.89. The third kappa shape index (κ3) is 2.21. The van der Waals surface area contributed by atoms with Crippen molar-refractivity contribution in [3.63, 3.8) is 0 Å². The number of fused-ring (bicyclic) bond motifs is 1. The van der Waals surface area contributed by atoms with Crippen molar-refractivity contribution in [1.29, 1.82) is 5.41 Å². The summed E-state index contributed by atoms with van der Waals surface area (Å²) in [4.78, 5) is 12.7. The minimum Gasteiger partial charge on any atom is -0.383 e. The number of nitrogens with one attached hydrogen (secondary N) is 2. The number of amides is 1. The molecule has 0 radical (unpaired) electrons. The highest BCUT2D eigenvalue weighted by molar-refractivity contribution is 6.05. The van der Waals surface area contributed by atoms with Crippen LogP contribution in [0, 0.1) is 5.41 Å². The Labute approximate surface area is 118 Å². The van der Waals surface area contributed by atoms with Gasteiger partial charge in [0, 0.05) is 50.6 Å². The summed E-state index contributed by atoms with van der Waals surface area (Å²) in [7, 11) is 1.92. The predicted octanol–water partition coefficient (Wildman–Crippen LogP) is 0.549. The van der Waals surface area contributed by atoms with E-state index in [-0.39, 0.29) is 0 Å². The Morgan fingerprint density at radius 3 is 3.10 bits per heavy atom. The maximum absolute atomic E-state index is 11.0. The molecule has 0 aromatic carbocycles. The topological polar surface area (TPSA) is 74.0 Å². The third-order valence-electron chi connectivity index (χ3n) is 3.89. The number of likely N-dealkylation sites (tertiary alicyclic amines) is 1. The highest BCUT2D eigenvalue weighted by atomic mass is 16.1. The quantitative estimate of drug-likeness (QED) is 0.734. The van der Waals surface area contributed by atoms with Gasteiger partial charge in [-0.15, -0.1) is 0 Å². The summed E-state index contributed by atoms with van der Waals surface area (Å²) in [6, 6.07) is 0. The Hall–Kier alpha value is -2.11. The fourth-order valence-corrected chi connectivity index (χ4v) is 2.86. The van der Waals surface area contributed by atoms with Crippen LogP contribution in [0.25, 0.3) is 5.70 Å². The normalized spacial score (nSPS) is 23.1. The highest BCUT2D eigenvalue weighted by Gasteiger charge is 2.25. The first kappa shape index (κ1) is 12.9. The van der Waals surface area contributed by atoms with Crippen molar-refractivity contribution in [3.8, 4) is 0 Å². The first-order valence-corrected chi connectivity index (χ1v) is 6.96. The first-order chi connectivity index (χ1) is 9.69. The van der Waals surface area contributed by atoms with E-state index in [1.165, 1.54) is 5.56 Å². The second-order valence-corrected chi connectivity index (χ2v) is 5.36. The smallest absolute Gasteiger partial charge is 0.210 e. The molecule has 2 N–H and O–H groups in total. The molecule has 3 rings (SSSR count). The first-order valence-electron chi connectivity index (χ1n) is 6.96. The van der Waals surface area contributed by atoms with E-state index >= 15 is 0 Å². The number of aromatic nitrogens is 2. The summed E-state index contributed by atoms with van der Waals surface area (Å²) < 4.78 is 1.82. The number of carbonyl (C=O) groups excluding carboxylic acids is 1. The van der Waals surface area contributed by atoms with Crippen LogP contribution >= 0.6 is 0 Å². The van der Waals surface area contributed by atoms with Crippen LogP contribution in [0.5, 0.6) is 0 Å². The Balaban J connectivity index is 2.08. The van der Waals surface area contributed by atoms with Crippen LogP contribution in [0.15, 0.2) is 11.8 Å². The molecule has 1 aromatic rings. The van der Waals surface area contributed by atoms with E-state index in [0.29, 0.717) is 25.2 Å². The zero-order chi connectivity index (χ0) is 14.1. The molecule has 0 spiro atoms. The summed E-state index contributed by atoms with van der Waals surface area (Å²) in [6.45, 7) is 2.02. The van der Waals surface area contributed by atoms with E-state index in [4.69, 9.17) is 5.41 Å². The van der Waals surface area contributed by atoms with Crippen LogP contribution in [0.2, 0.25) is 0 Å². The molecule has 0 aliphatic carbocycles. The lowest BCUT2D eigenvalue weighted by Crippen LogP contribution is -2.36. The maximum atomic E-state index is 11.0. The standard InChI is InChI=1S/C14H19N5O/c1-18-7-10-3-2-5-16-14(13(10)17-18)11-8-19(9-20)6-4-12(11)15/h7,9,15-16H,2-6,8H2,1H3/b14-11-,15-12?. The van der Waals surface area contributed by atoms with E-state index in [0.717, 1.165) is 42.8 Å². The lowest BCUT2D eigenvalue weighted by Gasteiger charge is -2.27. The molecule has 0 bridgehead atoms. The zero-order valence-corrected chi connectivity index (χ0v) is 11.6. The van der Waals surface area contributed by atoms with Gasteiger partial charge in [-0.1, -0.05) is 0 Å². The van der Waals surface area contributed by atoms with Crippen molar-refractivity contribution in [3.05, 3.63) is 23.0 Å². The average molecular weight is 273 g/mol. The summed E-state index contributed by atoms with van der Waals surface area (Å²) in [5.74, 6) is 0. The molecule has 20 heavy (non-hydrogen) atoms. The molecule has 1 amide bonds. The number of carbonyl (C=O) groups is 1. The fraction of sp³-hybridized carbons (Fsp3) is 0.500. The lowest BCUT2D eigenvalue weighted by atomic mass is 9.98. The van der Waals surface area contributed by atoms with Gasteiger partial charge in [-0.2, -0.15) is 5.10 Å². The van der Waals surface area contributed by atoms with Gasteiger partial charge in [-0.25, -0.2) is 0 Å². The van der Waals surface area contributed by atoms with Crippen LogP contribution < -0.4 is 5.32 Å². The van der Waals surface area contributed by atoms with Gasteiger partial charge in [0.25, 0.3) is 0 Å². The molecular formula is C14H19N5O. The van der Waals surface area contributed by atoms with Gasteiger partial charge in [-0.3, -0.25) is 9.48 Å². The molecular weight excluding hydrogens is 254 g/mol. The number of rotatable bonds is 1. The van der Waals surface area contributed by atoms with Gasteiger partial charge in [-0.05, 0) is 18.4 Å². The number of piperidine rings is 1. The van der Waals surface area contributed by atoms with Gasteiger partial charge in [0.1, 0.15) is 5.69 Å². The van der Waals surface area contributed by atoms with Crippen molar-refractivity contribution in [2.24, 2.45) is 7.05 Å². The molecule has 106 valence electrons. The summed E-state index contributed by atoms with van der Waals surface area (Å²) in [6.07, 6.45) is 5.58. The van der Waals surface area contributed by atoms with E-state index < -0.39 is 0 Å². The maximum Gasteiger partial charge on any atom is 0.210 e. The van der Waals surface area contributed by atoms with E-state index in [2.05, 4.69) is 10.4 Å². The van der Waals surface area contributed by atoms with Gasteiger partial charge < -0.3 is 15.6 Å². The molecule has 0 saturated carbocycles. The monoisotopic (exact) mass is 273 g/mol. The van der Waals surface area contributed by atoms with Crippen LogP contribution in [-0.2, 0) is 18.3 Å². The van der Waals surface area contributed by atoms with Crippen molar-refractivity contribution in [2.45, 2.75) is 19.3 Å².